The summed E-state index contributed by atoms with van der Waals surface area (Å²) in [5.74, 6) is 1.39. The molecule has 0 spiro atoms. The predicted octanol–water partition coefficient (Wildman–Crippen LogP) is 4.34. The molecule has 1 aliphatic rings. The van der Waals surface area contributed by atoms with Crippen LogP contribution in [0.3, 0.4) is 0 Å². The fourth-order valence-corrected chi connectivity index (χ4v) is 3.97. The smallest absolute Gasteiger partial charge is 0.00780 e. The van der Waals surface area contributed by atoms with E-state index in [9.17, 15) is 0 Å². The SMILES string of the molecule is Cc1cccc(C(C)(C)C2CCC(C)CC2N)c1C. The highest BCUT2D eigenvalue weighted by Gasteiger charge is 2.39. The molecule has 1 heteroatoms. The largest absolute Gasteiger partial charge is 0.327 e. The zero-order chi connectivity index (χ0) is 14.2. The van der Waals surface area contributed by atoms with Crippen molar-refractivity contribution in [2.24, 2.45) is 17.6 Å². The quantitative estimate of drug-likeness (QED) is 0.840. The predicted molar refractivity (Wildman–Crippen MR) is 83.4 cm³/mol. The van der Waals surface area contributed by atoms with Crippen LogP contribution >= 0.6 is 0 Å². The van der Waals surface area contributed by atoms with Crippen molar-refractivity contribution in [1.82, 2.24) is 0 Å². The van der Waals surface area contributed by atoms with E-state index in [1.165, 1.54) is 36.0 Å². The highest BCUT2D eigenvalue weighted by molar-refractivity contribution is 5.38. The second-order valence-electron chi connectivity index (χ2n) is 7.16. The molecule has 0 bridgehead atoms. The number of rotatable bonds is 2. The molecule has 1 aliphatic carbocycles. The van der Waals surface area contributed by atoms with Gasteiger partial charge in [0, 0.05) is 6.04 Å². The van der Waals surface area contributed by atoms with Crippen LogP contribution in [0.5, 0.6) is 0 Å². The topological polar surface area (TPSA) is 26.0 Å². The number of nitrogens with two attached hydrogens (primary N) is 1. The highest BCUT2D eigenvalue weighted by atomic mass is 14.7. The van der Waals surface area contributed by atoms with Crippen molar-refractivity contribution in [3.63, 3.8) is 0 Å². The van der Waals surface area contributed by atoms with Crippen LogP contribution in [0.15, 0.2) is 18.2 Å². The molecule has 1 nitrogen and oxygen atoms in total. The van der Waals surface area contributed by atoms with Gasteiger partial charge in [0.1, 0.15) is 0 Å². The van der Waals surface area contributed by atoms with Gasteiger partial charge in [-0.1, -0.05) is 45.4 Å². The fraction of sp³-hybridized carbons (Fsp3) is 0.667. The van der Waals surface area contributed by atoms with E-state index < -0.39 is 0 Å². The average molecular weight is 259 g/mol. The molecule has 0 saturated heterocycles. The molecule has 3 unspecified atom stereocenters. The molecule has 2 rings (SSSR count). The molecular formula is C18H29N. The van der Waals surface area contributed by atoms with E-state index in [1.54, 1.807) is 0 Å². The molecule has 106 valence electrons. The van der Waals surface area contributed by atoms with Crippen molar-refractivity contribution in [2.75, 3.05) is 0 Å². The molecular weight excluding hydrogens is 230 g/mol. The van der Waals surface area contributed by atoms with E-state index in [0.717, 1.165) is 5.92 Å². The van der Waals surface area contributed by atoms with E-state index in [4.69, 9.17) is 5.73 Å². The molecule has 0 aliphatic heterocycles. The van der Waals surface area contributed by atoms with Crippen LogP contribution in [0.4, 0.5) is 0 Å². The third-order valence-electron chi connectivity index (χ3n) is 5.39. The van der Waals surface area contributed by atoms with Gasteiger partial charge >= 0.3 is 0 Å². The zero-order valence-corrected chi connectivity index (χ0v) is 13.2. The minimum atomic E-state index is 0.176. The molecule has 1 aromatic carbocycles. The van der Waals surface area contributed by atoms with Crippen LogP contribution in [0, 0.1) is 25.7 Å². The zero-order valence-electron chi connectivity index (χ0n) is 13.2. The van der Waals surface area contributed by atoms with Gasteiger partial charge < -0.3 is 5.73 Å². The van der Waals surface area contributed by atoms with E-state index in [-0.39, 0.29) is 5.41 Å². The Kier molecular flexibility index (Phi) is 4.06. The third-order valence-corrected chi connectivity index (χ3v) is 5.39. The molecule has 0 heterocycles. The van der Waals surface area contributed by atoms with Crippen LogP contribution < -0.4 is 5.73 Å². The van der Waals surface area contributed by atoms with Crippen LogP contribution in [-0.4, -0.2) is 6.04 Å². The van der Waals surface area contributed by atoms with Crippen molar-refractivity contribution in [3.05, 3.63) is 34.9 Å². The molecule has 19 heavy (non-hydrogen) atoms. The van der Waals surface area contributed by atoms with Crippen molar-refractivity contribution in [1.29, 1.82) is 0 Å². The second-order valence-corrected chi connectivity index (χ2v) is 7.16. The monoisotopic (exact) mass is 259 g/mol. The minimum absolute atomic E-state index is 0.176. The Balaban J connectivity index is 2.33. The van der Waals surface area contributed by atoms with Crippen molar-refractivity contribution in [3.8, 4) is 0 Å². The fourth-order valence-electron chi connectivity index (χ4n) is 3.97. The summed E-state index contributed by atoms with van der Waals surface area (Å²) < 4.78 is 0. The van der Waals surface area contributed by atoms with E-state index in [0.29, 0.717) is 12.0 Å². The van der Waals surface area contributed by atoms with Crippen LogP contribution in [-0.2, 0) is 5.41 Å². The summed E-state index contributed by atoms with van der Waals surface area (Å²) >= 11 is 0. The summed E-state index contributed by atoms with van der Waals surface area (Å²) in [5.41, 5.74) is 11.0. The lowest BCUT2D eigenvalue weighted by atomic mass is 9.63. The normalized spacial score (nSPS) is 28.4. The van der Waals surface area contributed by atoms with E-state index in [1.807, 2.05) is 0 Å². The van der Waals surface area contributed by atoms with Crippen LogP contribution in [0.2, 0.25) is 0 Å². The molecule has 0 radical (unpaired) electrons. The Bertz CT molecular complexity index is 447. The van der Waals surface area contributed by atoms with Gasteiger partial charge in [-0.3, -0.25) is 0 Å². The maximum absolute atomic E-state index is 6.48. The van der Waals surface area contributed by atoms with Crippen molar-refractivity contribution in [2.45, 2.75) is 65.3 Å². The average Bonchev–Trinajstić information content (AvgIpc) is 2.31. The second kappa shape index (κ2) is 5.28. The lowest BCUT2D eigenvalue weighted by Gasteiger charge is -2.44. The Hall–Kier alpha value is -0.820. The summed E-state index contributed by atoms with van der Waals surface area (Å²) in [6, 6.07) is 7.04. The summed E-state index contributed by atoms with van der Waals surface area (Å²) in [6.45, 7) is 11.6. The van der Waals surface area contributed by atoms with Gasteiger partial charge in [-0.05, 0) is 60.6 Å². The maximum atomic E-state index is 6.48. The summed E-state index contributed by atoms with van der Waals surface area (Å²) in [7, 11) is 0. The van der Waals surface area contributed by atoms with Crippen molar-refractivity contribution >= 4 is 0 Å². The van der Waals surface area contributed by atoms with Gasteiger partial charge in [-0.2, -0.15) is 0 Å². The number of benzene rings is 1. The first kappa shape index (κ1) is 14.6. The standard InChI is InChI=1S/C18H29N/c1-12-9-10-16(17(19)11-12)18(4,5)15-8-6-7-13(2)14(15)3/h6-8,12,16-17H,9-11,19H2,1-5H3. The Labute approximate surface area is 118 Å². The number of aryl methyl sites for hydroxylation is 1. The van der Waals surface area contributed by atoms with Gasteiger partial charge in [0.25, 0.3) is 0 Å². The lowest BCUT2D eigenvalue weighted by Crippen LogP contribution is -2.46. The van der Waals surface area contributed by atoms with E-state index >= 15 is 0 Å². The van der Waals surface area contributed by atoms with Gasteiger partial charge in [-0.15, -0.1) is 0 Å². The molecule has 1 saturated carbocycles. The molecule has 2 N–H and O–H groups in total. The molecule has 1 aromatic rings. The van der Waals surface area contributed by atoms with Gasteiger partial charge in [-0.25, -0.2) is 0 Å². The van der Waals surface area contributed by atoms with Gasteiger partial charge in [0.2, 0.25) is 0 Å². The Morgan fingerprint density at radius 2 is 1.84 bits per heavy atom. The molecule has 0 amide bonds. The van der Waals surface area contributed by atoms with Gasteiger partial charge in [0.15, 0.2) is 0 Å². The first-order valence-corrected chi connectivity index (χ1v) is 7.66. The Morgan fingerprint density at radius 1 is 1.16 bits per heavy atom. The minimum Gasteiger partial charge on any atom is -0.327 e. The molecule has 1 fully saturated rings. The molecule has 0 aromatic heterocycles. The summed E-state index contributed by atoms with van der Waals surface area (Å²) in [6.07, 6.45) is 3.77. The van der Waals surface area contributed by atoms with Crippen LogP contribution in [0.1, 0.15) is 56.7 Å². The first-order chi connectivity index (χ1) is 8.84. The van der Waals surface area contributed by atoms with E-state index in [2.05, 4.69) is 52.8 Å². The highest BCUT2D eigenvalue weighted by Crippen LogP contribution is 2.42. The molecule has 3 atom stereocenters. The Morgan fingerprint density at radius 3 is 2.47 bits per heavy atom. The lowest BCUT2D eigenvalue weighted by molar-refractivity contribution is 0.170. The summed E-state index contributed by atoms with van der Waals surface area (Å²) in [5, 5.41) is 0. The van der Waals surface area contributed by atoms with Gasteiger partial charge in [0.05, 0.1) is 0 Å². The van der Waals surface area contributed by atoms with Crippen molar-refractivity contribution < 1.29 is 0 Å². The van der Waals surface area contributed by atoms with Crippen LogP contribution in [0.25, 0.3) is 0 Å². The summed E-state index contributed by atoms with van der Waals surface area (Å²) in [4.78, 5) is 0. The number of hydrogen-bond donors (Lipinski definition) is 1. The first-order valence-electron chi connectivity index (χ1n) is 7.66. The third kappa shape index (κ3) is 2.72. The maximum Gasteiger partial charge on any atom is 0.00780 e. The number of hydrogen-bond acceptors (Lipinski definition) is 1.